The maximum absolute atomic E-state index is 12.6. The average molecular weight is 475 g/mol. The van der Waals surface area contributed by atoms with E-state index in [1.807, 2.05) is 0 Å². The van der Waals surface area contributed by atoms with Crippen LogP contribution in [0, 0.1) is 0 Å². The number of carbonyl (C=O) groups excluding carboxylic acids is 2. The number of nitrogens with zero attached hydrogens (tertiary/aromatic N) is 5. The molecule has 3 aliphatic heterocycles. The van der Waals surface area contributed by atoms with Gasteiger partial charge in [-0.2, -0.15) is 13.5 Å². The smallest absolute Gasteiger partial charge is 0.418 e. The Balaban J connectivity index is 1.44. The molecular weight excluding hydrogens is 450 g/mol. The molecule has 2 bridgehead atoms. The molecule has 0 saturated carbocycles. The van der Waals surface area contributed by atoms with E-state index in [0.29, 0.717) is 24.4 Å². The maximum Gasteiger partial charge on any atom is 0.418 e. The molecule has 1 aromatic rings. The number of piperidine rings is 1. The molecule has 0 aromatic carbocycles. The van der Waals surface area contributed by atoms with E-state index >= 15 is 0 Å². The van der Waals surface area contributed by atoms with Crippen molar-refractivity contribution in [1.29, 1.82) is 0 Å². The lowest BCUT2D eigenvalue weighted by Gasteiger charge is -2.33. The van der Waals surface area contributed by atoms with E-state index < -0.39 is 46.3 Å². The lowest BCUT2D eigenvalue weighted by Crippen LogP contribution is -2.44. The maximum atomic E-state index is 12.6. The zero-order chi connectivity index (χ0) is 23.3. The molecule has 0 radical (unpaired) electrons. The fraction of sp³-hybridized carbons (Fsp3) is 0.765. The highest BCUT2D eigenvalue weighted by molar-refractivity contribution is 7.80. The number of urea groups is 1. The van der Waals surface area contributed by atoms with Gasteiger partial charge in [0.15, 0.2) is 6.10 Å². The zero-order valence-corrected chi connectivity index (χ0v) is 18.6. The number of aromatic nitrogens is 2. The number of hydrogen-bond acceptors (Lipinski definition) is 10. The van der Waals surface area contributed by atoms with E-state index in [1.165, 1.54) is 9.80 Å². The molecule has 0 aliphatic carbocycles. The Kier molecular flexibility index (Phi) is 5.77. The number of amides is 3. The Morgan fingerprint density at radius 3 is 2.59 bits per heavy atom. The van der Waals surface area contributed by atoms with Gasteiger partial charge in [0.1, 0.15) is 11.6 Å². The molecular formula is C17H25N5O9S. The minimum atomic E-state index is -4.83. The predicted molar refractivity (Wildman–Crippen MR) is 103 cm³/mol. The summed E-state index contributed by atoms with van der Waals surface area (Å²) in [5.41, 5.74) is -0.628. The number of ether oxygens (including phenoxy) is 2. The summed E-state index contributed by atoms with van der Waals surface area (Å²) in [7, 11) is -4.83. The number of fused-ring (bicyclic) bond motifs is 2. The van der Waals surface area contributed by atoms with Crippen molar-refractivity contribution in [2.75, 3.05) is 26.2 Å². The van der Waals surface area contributed by atoms with Gasteiger partial charge in [-0.1, -0.05) is 0 Å². The van der Waals surface area contributed by atoms with Gasteiger partial charge in [0.2, 0.25) is 11.8 Å². The molecule has 0 spiro atoms. The monoisotopic (exact) mass is 475 g/mol. The molecule has 1 unspecified atom stereocenters. The molecule has 4 heterocycles. The van der Waals surface area contributed by atoms with Crippen molar-refractivity contribution < 1.29 is 40.7 Å². The predicted octanol–water partition coefficient (Wildman–Crippen LogP) is 1.05. The fourth-order valence-corrected chi connectivity index (χ4v) is 4.28. The van der Waals surface area contributed by atoms with E-state index in [-0.39, 0.29) is 31.5 Å². The van der Waals surface area contributed by atoms with Crippen LogP contribution in [0.3, 0.4) is 0 Å². The topological polar surface area (TPSA) is 165 Å². The minimum absolute atomic E-state index is 0.160. The molecule has 14 nitrogen and oxygen atoms in total. The van der Waals surface area contributed by atoms with Crippen LogP contribution in [0.25, 0.3) is 0 Å². The lowest BCUT2D eigenvalue weighted by molar-refractivity contribution is -0.0527. The molecule has 3 fully saturated rings. The first kappa shape index (κ1) is 22.7. The van der Waals surface area contributed by atoms with Crippen molar-refractivity contribution >= 4 is 22.5 Å². The molecule has 1 N–H and O–H groups in total. The van der Waals surface area contributed by atoms with Crippen LogP contribution in [0.1, 0.15) is 57.5 Å². The average Bonchev–Trinajstić information content (AvgIpc) is 3.27. The number of hydroxylamine groups is 2. The van der Waals surface area contributed by atoms with E-state index in [1.54, 1.807) is 20.8 Å². The normalized spacial score (nSPS) is 26.6. The van der Waals surface area contributed by atoms with Crippen LogP contribution in [0.4, 0.5) is 9.59 Å². The summed E-state index contributed by atoms with van der Waals surface area (Å²) in [5.74, 6) is 0.326. The van der Waals surface area contributed by atoms with Crippen LogP contribution in [-0.2, 0) is 24.2 Å². The zero-order valence-electron chi connectivity index (χ0n) is 17.8. The quantitative estimate of drug-likeness (QED) is 0.619. The van der Waals surface area contributed by atoms with Gasteiger partial charge in [-0.3, -0.25) is 4.55 Å². The highest BCUT2D eigenvalue weighted by atomic mass is 32.3. The van der Waals surface area contributed by atoms with Crippen molar-refractivity contribution in [2.45, 2.75) is 57.4 Å². The third-order valence-electron chi connectivity index (χ3n) is 5.23. The summed E-state index contributed by atoms with van der Waals surface area (Å²) in [6.07, 6.45) is -0.279. The summed E-state index contributed by atoms with van der Waals surface area (Å²) in [6.45, 7) is 6.32. The second-order valence-electron chi connectivity index (χ2n) is 8.77. The molecule has 15 heteroatoms. The molecule has 4 rings (SSSR count). The van der Waals surface area contributed by atoms with Crippen molar-refractivity contribution in [3.05, 3.63) is 11.8 Å². The molecule has 3 saturated heterocycles. The summed E-state index contributed by atoms with van der Waals surface area (Å²) in [4.78, 5) is 27.8. The summed E-state index contributed by atoms with van der Waals surface area (Å²) < 4.78 is 52.2. The third-order valence-corrected chi connectivity index (χ3v) is 5.58. The van der Waals surface area contributed by atoms with Crippen LogP contribution < -0.4 is 0 Å². The van der Waals surface area contributed by atoms with Gasteiger partial charge in [-0.15, -0.1) is 14.5 Å². The number of rotatable bonds is 4. The van der Waals surface area contributed by atoms with Gasteiger partial charge in [-0.05, 0) is 33.6 Å². The van der Waals surface area contributed by atoms with Gasteiger partial charge in [-0.25, -0.2) is 9.59 Å². The highest BCUT2D eigenvalue weighted by Gasteiger charge is 2.49. The summed E-state index contributed by atoms with van der Waals surface area (Å²) in [6, 6.07) is -1.83. The number of carbonyl (C=O) groups is 2. The van der Waals surface area contributed by atoms with Gasteiger partial charge in [0.25, 0.3) is 0 Å². The molecule has 178 valence electrons. The molecule has 3 aliphatic rings. The van der Waals surface area contributed by atoms with Crippen LogP contribution >= 0.6 is 0 Å². The van der Waals surface area contributed by atoms with Crippen LogP contribution in [0.5, 0.6) is 0 Å². The van der Waals surface area contributed by atoms with Crippen LogP contribution in [0.15, 0.2) is 4.42 Å². The van der Waals surface area contributed by atoms with E-state index in [9.17, 15) is 18.0 Å². The largest absolute Gasteiger partial charge is 0.444 e. The van der Waals surface area contributed by atoms with Crippen molar-refractivity contribution in [2.24, 2.45) is 0 Å². The first-order valence-electron chi connectivity index (χ1n) is 10.1. The number of hydrogen-bond donors (Lipinski definition) is 1. The van der Waals surface area contributed by atoms with Gasteiger partial charge >= 0.3 is 22.5 Å². The Bertz CT molecular complexity index is 991. The Morgan fingerprint density at radius 2 is 1.91 bits per heavy atom. The highest BCUT2D eigenvalue weighted by Crippen LogP contribution is 2.38. The minimum Gasteiger partial charge on any atom is -0.444 e. The van der Waals surface area contributed by atoms with Crippen LogP contribution in [0.2, 0.25) is 0 Å². The van der Waals surface area contributed by atoms with Gasteiger partial charge < -0.3 is 23.7 Å². The summed E-state index contributed by atoms with van der Waals surface area (Å²) in [5, 5.41) is 8.72. The fourth-order valence-electron chi connectivity index (χ4n) is 3.89. The SMILES string of the molecule is CC(C)(C)OC(=O)N1CCOC(c2nnc([C@@H]3CC[C@@H]4CN3C(=O)N4OS(=O)(=O)O)o2)C1. The Labute approximate surface area is 184 Å². The van der Waals surface area contributed by atoms with Crippen molar-refractivity contribution in [1.82, 2.24) is 25.1 Å². The molecule has 1 aromatic heterocycles. The third kappa shape index (κ3) is 4.79. The number of morpholine rings is 1. The molecule has 32 heavy (non-hydrogen) atoms. The van der Waals surface area contributed by atoms with Crippen LogP contribution in [-0.4, -0.2) is 88.0 Å². The Hall–Kier alpha value is -2.49. The van der Waals surface area contributed by atoms with Crippen molar-refractivity contribution in [3.8, 4) is 0 Å². The van der Waals surface area contributed by atoms with Crippen molar-refractivity contribution in [3.63, 3.8) is 0 Å². The van der Waals surface area contributed by atoms with Gasteiger partial charge in [0.05, 0.1) is 19.2 Å². The van der Waals surface area contributed by atoms with Gasteiger partial charge in [0, 0.05) is 13.1 Å². The van der Waals surface area contributed by atoms with E-state index in [0.717, 1.165) is 0 Å². The molecule has 3 amide bonds. The van der Waals surface area contributed by atoms with E-state index in [4.69, 9.17) is 18.4 Å². The first-order chi connectivity index (χ1) is 14.9. The Morgan fingerprint density at radius 1 is 1.19 bits per heavy atom. The first-order valence-corrected chi connectivity index (χ1v) is 11.5. The summed E-state index contributed by atoms with van der Waals surface area (Å²) >= 11 is 0. The molecule has 3 atom stereocenters. The second-order valence-corrected chi connectivity index (χ2v) is 9.78. The van der Waals surface area contributed by atoms with E-state index in [2.05, 4.69) is 14.5 Å². The lowest BCUT2D eigenvalue weighted by atomic mass is 10.0. The standard InChI is InChI=1S/C17H25N5O9S/c1-17(2,3)30-16(24)20-6-7-28-12(9-20)14-19-18-13(29-14)11-5-4-10-8-21(11)15(23)22(10)31-32(25,26)27/h10-12H,4-9H2,1-3H3,(H,25,26,27)/t10-,11+,12?/m1/s1. The second kappa shape index (κ2) is 8.13.